The van der Waals surface area contributed by atoms with Gasteiger partial charge >= 0.3 is 5.97 Å². The Bertz CT molecular complexity index is 2200. The molecular formula is C42H43Cl2N3O5. The SMILES string of the molecule is COC(=O)C1=CC2C(N3C[C@@H](C)n4c(c(CCCOc5cc(C)c(Cl)c(C)c5)c5ccc(Cl)c(-c6c(C)cc(O)cc6C)c54)C3=O)=CN(C)C2C=C1. The maximum absolute atomic E-state index is 15.1. The molecule has 0 saturated carbocycles. The van der Waals surface area contributed by atoms with E-state index in [-0.39, 0.29) is 29.7 Å². The Kier molecular flexibility index (Phi) is 9.42. The van der Waals surface area contributed by atoms with Crippen molar-refractivity contribution in [2.75, 3.05) is 27.3 Å². The number of likely N-dealkylation sites (N-methyl/N-ethyl adjacent to an activating group) is 1. The number of rotatable bonds is 8. The Morgan fingerprint density at radius 2 is 1.69 bits per heavy atom. The Balaban J connectivity index is 1.34. The van der Waals surface area contributed by atoms with Crippen molar-refractivity contribution in [3.63, 3.8) is 0 Å². The third-order valence-electron chi connectivity index (χ3n) is 10.7. The topological polar surface area (TPSA) is 84.2 Å². The van der Waals surface area contributed by atoms with Gasteiger partial charge in [0.15, 0.2) is 0 Å². The molecule has 7 rings (SSSR count). The molecule has 8 nitrogen and oxygen atoms in total. The summed E-state index contributed by atoms with van der Waals surface area (Å²) >= 11 is 13.5. The molecule has 0 fully saturated rings. The number of hydrogen-bond donors (Lipinski definition) is 1. The number of halogens is 2. The van der Waals surface area contributed by atoms with Crippen LogP contribution in [0.1, 0.15) is 57.7 Å². The van der Waals surface area contributed by atoms with Crippen LogP contribution in [0.4, 0.5) is 0 Å². The van der Waals surface area contributed by atoms with E-state index in [1.54, 1.807) is 18.2 Å². The van der Waals surface area contributed by atoms with Gasteiger partial charge in [-0.1, -0.05) is 41.4 Å². The highest BCUT2D eigenvalue weighted by Crippen LogP contribution is 2.47. The second-order valence-corrected chi connectivity index (χ2v) is 15.1. The molecule has 1 aromatic heterocycles. The number of nitrogens with zero attached hydrogens (tertiary/aromatic N) is 3. The Labute approximate surface area is 314 Å². The second-order valence-electron chi connectivity index (χ2n) is 14.3. The summed E-state index contributed by atoms with van der Waals surface area (Å²) in [5.74, 6) is 0.254. The van der Waals surface area contributed by atoms with Crippen LogP contribution in [0.15, 0.2) is 72.1 Å². The molecule has 0 spiro atoms. The number of benzene rings is 3. The lowest BCUT2D eigenvalue weighted by Gasteiger charge is -2.37. The number of carbonyl (C=O) groups excluding carboxylic acids is 2. The number of hydrogen-bond acceptors (Lipinski definition) is 6. The van der Waals surface area contributed by atoms with Gasteiger partial charge in [0, 0.05) is 53.4 Å². The van der Waals surface area contributed by atoms with E-state index in [1.165, 1.54) is 7.11 Å². The number of esters is 1. The summed E-state index contributed by atoms with van der Waals surface area (Å²) in [5.41, 5.74) is 9.29. The number of aromatic hydroxyl groups is 1. The highest BCUT2D eigenvalue weighted by molar-refractivity contribution is 6.35. The van der Waals surface area contributed by atoms with Crippen LogP contribution in [0.3, 0.4) is 0 Å². The Morgan fingerprint density at radius 1 is 1.00 bits per heavy atom. The van der Waals surface area contributed by atoms with Crippen molar-refractivity contribution in [2.24, 2.45) is 5.92 Å². The molecule has 270 valence electrons. The van der Waals surface area contributed by atoms with Crippen LogP contribution in [0.25, 0.3) is 22.0 Å². The zero-order valence-electron chi connectivity index (χ0n) is 30.5. The molecule has 3 heterocycles. The minimum Gasteiger partial charge on any atom is -0.508 e. The molecule has 1 amide bonds. The molecule has 0 saturated heterocycles. The summed E-state index contributed by atoms with van der Waals surface area (Å²) in [7, 11) is 3.37. The zero-order chi connectivity index (χ0) is 37.2. The van der Waals surface area contributed by atoms with Gasteiger partial charge in [-0.15, -0.1) is 0 Å². The lowest BCUT2D eigenvalue weighted by molar-refractivity contribution is -0.135. The monoisotopic (exact) mass is 739 g/mol. The molecular weight excluding hydrogens is 697 g/mol. The highest BCUT2D eigenvalue weighted by atomic mass is 35.5. The molecule has 2 aliphatic heterocycles. The first-order valence-electron chi connectivity index (χ1n) is 17.6. The van der Waals surface area contributed by atoms with Gasteiger partial charge in [-0.05, 0) is 117 Å². The van der Waals surface area contributed by atoms with E-state index in [9.17, 15) is 9.90 Å². The van der Waals surface area contributed by atoms with Gasteiger partial charge in [0.05, 0.1) is 35.9 Å². The van der Waals surface area contributed by atoms with E-state index < -0.39 is 5.97 Å². The van der Waals surface area contributed by atoms with Crippen LogP contribution in [0, 0.1) is 33.6 Å². The first kappa shape index (κ1) is 35.7. The largest absolute Gasteiger partial charge is 0.508 e. The number of ether oxygens (including phenoxy) is 2. The van der Waals surface area contributed by atoms with Gasteiger partial charge in [0.2, 0.25) is 0 Å². The number of phenolic OH excluding ortho intramolecular Hbond substituents is 1. The van der Waals surface area contributed by atoms with E-state index in [1.807, 2.05) is 82.3 Å². The normalized spacial score (nSPS) is 19.5. The molecule has 0 radical (unpaired) electrons. The average molecular weight is 741 g/mol. The van der Waals surface area contributed by atoms with Gasteiger partial charge in [0.1, 0.15) is 17.2 Å². The maximum Gasteiger partial charge on any atom is 0.337 e. The molecule has 3 aliphatic rings. The van der Waals surface area contributed by atoms with Crippen molar-refractivity contribution in [3.05, 3.63) is 116 Å². The summed E-state index contributed by atoms with van der Waals surface area (Å²) in [4.78, 5) is 31.6. The van der Waals surface area contributed by atoms with E-state index in [0.29, 0.717) is 42.3 Å². The highest BCUT2D eigenvalue weighted by Gasteiger charge is 2.43. The number of methoxy groups -OCH3 is 1. The molecule has 52 heavy (non-hydrogen) atoms. The standard InChI is InChI=1S/C42H43Cl2N3O5/c1-22-15-28(48)16-23(2)36(22)37-33(43)12-11-31-30(9-8-14-52-29-17-24(3)38(44)25(4)18-29)40-41(49)46(20-26(5)47(40)39(31)37)35-21-45(6)34-13-10-27(19-32(34)35)42(50)51-7/h10-13,15-19,21,26,32,34,48H,8-9,14,20H2,1-7H3/t26-,32?,34?/m1/s1. The summed E-state index contributed by atoms with van der Waals surface area (Å²) in [5, 5.41) is 12.7. The smallest absolute Gasteiger partial charge is 0.337 e. The van der Waals surface area contributed by atoms with Crippen LogP contribution >= 0.6 is 23.2 Å². The fourth-order valence-corrected chi connectivity index (χ4v) is 8.71. The molecule has 0 bridgehead atoms. The molecule has 10 heteroatoms. The molecule has 4 aromatic rings. The van der Waals surface area contributed by atoms with Crippen molar-refractivity contribution < 1.29 is 24.2 Å². The third-order valence-corrected chi connectivity index (χ3v) is 11.6. The summed E-state index contributed by atoms with van der Waals surface area (Å²) in [6.45, 7) is 10.9. The van der Waals surface area contributed by atoms with Crippen LogP contribution < -0.4 is 4.74 Å². The number of fused-ring (bicyclic) bond motifs is 4. The van der Waals surface area contributed by atoms with Crippen LogP contribution in [0.2, 0.25) is 10.0 Å². The van der Waals surface area contributed by atoms with Crippen molar-refractivity contribution >= 4 is 46.0 Å². The number of carbonyl (C=O) groups is 2. The fraction of sp³-hybridized carbons (Fsp3) is 0.333. The van der Waals surface area contributed by atoms with Crippen LogP contribution in [0.5, 0.6) is 11.5 Å². The molecule has 2 unspecified atom stereocenters. The number of amides is 1. The van der Waals surface area contributed by atoms with E-state index in [2.05, 4.69) is 16.4 Å². The fourth-order valence-electron chi connectivity index (χ4n) is 8.35. The quantitative estimate of drug-likeness (QED) is 0.144. The number of phenols is 1. The summed E-state index contributed by atoms with van der Waals surface area (Å²) in [6, 6.07) is 11.2. The van der Waals surface area contributed by atoms with Crippen molar-refractivity contribution in [1.82, 2.24) is 14.4 Å². The van der Waals surface area contributed by atoms with Crippen LogP contribution in [-0.2, 0) is 16.0 Å². The summed E-state index contributed by atoms with van der Waals surface area (Å²) < 4.78 is 13.4. The van der Waals surface area contributed by atoms with Crippen LogP contribution in [-0.4, -0.2) is 64.7 Å². The first-order chi connectivity index (χ1) is 24.8. The van der Waals surface area contributed by atoms with Gasteiger partial charge in [-0.25, -0.2) is 4.79 Å². The average Bonchev–Trinajstić information content (AvgIpc) is 3.61. The van der Waals surface area contributed by atoms with Gasteiger partial charge in [-0.3, -0.25) is 4.79 Å². The van der Waals surface area contributed by atoms with Crippen molar-refractivity contribution in [1.29, 1.82) is 0 Å². The zero-order valence-corrected chi connectivity index (χ0v) is 32.0. The maximum atomic E-state index is 15.1. The lowest BCUT2D eigenvalue weighted by atomic mass is 9.89. The number of aromatic nitrogens is 1. The van der Waals surface area contributed by atoms with Gasteiger partial charge in [0.25, 0.3) is 5.91 Å². The summed E-state index contributed by atoms with van der Waals surface area (Å²) in [6.07, 6.45) is 8.99. The van der Waals surface area contributed by atoms with Gasteiger partial charge < -0.3 is 28.9 Å². The van der Waals surface area contributed by atoms with E-state index >= 15 is 4.79 Å². The molecule has 3 atom stereocenters. The minimum absolute atomic E-state index is 0.0260. The second kappa shape index (κ2) is 13.7. The predicted molar refractivity (Wildman–Crippen MR) is 206 cm³/mol. The molecule has 1 N–H and O–H groups in total. The van der Waals surface area contributed by atoms with Crippen molar-refractivity contribution in [3.8, 4) is 22.6 Å². The molecule has 1 aliphatic carbocycles. The Morgan fingerprint density at radius 3 is 2.37 bits per heavy atom. The number of aryl methyl sites for hydroxylation is 5. The lowest BCUT2D eigenvalue weighted by Crippen LogP contribution is -2.43. The first-order valence-corrected chi connectivity index (χ1v) is 18.4. The van der Waals surface area contributed by atoms with E-state index in [0.717, 1.165) is 66.3 Å². The van der Waals surface area contributed by atoms with Gasteiger partial charge in [-0.2, -0.15) is 0 Å². The Hall–Kier alpha value is -4.66. The van der Waals surface area contributed by atoms with E-state index in [4.69, 9.17) is 32.7 Å². The third kappa shape index (κ3) is 5.96. The predicted octanol–water partition coefficient (Wildman–Crippen LogP) is 9.02. The van der Waals surface area contributed by atoms with Crippen molar-refractivity contribution in [2.45, 2.75) is 59.5 Å². The molecule has 3 aromatic carbocycles. The minimum atomic E-state index is -0.403.